The highest BCUT2D eigenvalue weighted by atomic mass is 127. The molecule has 0 spiro atoms. The van der Waals surface area contributed by atoms with E-state index in [1.807, 2.05) is 18.4 Å². The standard InChI is InChI=1S/C16H11ClIN3O2S/c1-24-16-19-7-9-5-10(13(15(22)23)20-14(9)21-16)12-8(6-18)3-2-4-11(12)17/h2-5,7H,6H2,1H3,(H,22,23). The monoisotopic (exact) mass is 471 g/mol. The fraction of sp³-hybridized carbons (Fsp3) is 0.125. The zero-order chi connectivity index (χ0) is 17.3. The third kappa shape index (κ3) is 3.20. The number of aromatic carboxylic acids is 1. The fourth-order valence-electron chi connectivity index (χ4n) is 2.38. The lowest BCUT2D eigenvalue weighted by Crippen LogP contribution is -2.06. The summed E-state index contributed by atoms with van der Waals surface area (Å²) in [5, 5.41) is 11.3. The van der Waals surface area contributed by atoms with Crippen molar-refractivity contribution in [2.45, 2.75) is 9.58 Å². The first-order valence-corrected chi connectivity index (χ1v) is 9.96. The molecule has 0 aliphatic heterocycles. The number of thioether (sulfide) groups is 1. The van der Waals surface area contributed by atoms with E-state index in [4.69, 9.17) is 11.6 Å². The first kappa shape index (κ1) is 17.4. The molecule has 0 unspecified atom stereocenters. The molecule has 8 heteroatoms. The number of hydrogen-bond acceptors (Lipinski definition) is 5. The van der Waals surface area contributed by atoms with E-state index in [0.29, 0.717) is 36.8 Å². The van der Waals surface area contributed by atoms with Crippen LogP contribution in [0.3, 0.4) is 0 Å². The summed E-state index contributed by atoms with van der Waals surface area (Å²) in [7, 11) is 0. The van der Waals surface area contributed by atoms with Gasteiger partial charge in [0.15, 0.2) is 16.5 Å². The largest absolute Gasteiger partial charge is 0.476 e. The summed E-state index contributed by atoms with van der Waals surface area (Å²) < 4.78 is 0.701. The molecule has 3 rings (SSSR count). The van der Waals surface area contributed by atoms with Crippen LogP contribution in [0.25, 0.3) is 22.2 Å². The molecule has 2 heterocycles. The summed E-state index contributed by atoms with van der Waals surface area (Å²) in [6, 6.07) is 7.27. The van der Waals surface area contributed by atoms with Gasteiger partial charge in [-0.25, -0.2) is 19.7 Å². The Bertz CT molecular complexity index is 952. The molecule has 0 aliphatic rings. The maximum absolute atomic E-state index is 11.7. The van der Waals surface area contributed by atoms with E-state index in [1.165, 1.54) is 11.8 Å². The van der Waals surface area contributed by atoms with Gasteiger partial charge in [-0.15, -0.1) is 0 Å². The van der Waals surface area contributed by atoms with E-state index in [0.717, 1.165) is 5.56 Å². The van der Waals surface area contributed by atoms with Crippen LogP contribution in [-0.4, -0.2) is 32.3 Å². The smallest absolute Gasteiger partial charge is 0.355 e. The van der Waals surface area contributed by atoms with Gasteiger partial charge in [-0.2, -0.15) is 0 Å². The number of nitrogens with zero attached hydrogens (tertiary/aromatic N) is 3. The molecule has 5 nitrogen and oxygen atoms in total. The number of pyridine rings is 1. The number of fused-ring (bicyclic) bond motifs is 1. The summed E-state index contributed by atoms with van der Waals surface area (Å²) in [6.45, 7) is 0. The minimum absolute atomic E-state index is 0.0625. The predicted octanol–water partition coefficient (Wildman–Crippen LogP) is 4.70. The van der Waals surface area contributed by atoms with Gasteiger partial charge in [0.2, 0.25) is 0 Å². The molecule has 1 aromatic carbocycles. The number of carboxylic acids is 1. The second kappa shape index (κ2) is 7.20. The van der Waals surface area contributed by atoms with Gasteiger partial charge in [0.1, 0.15) is 0 Å². The molecular weight excluding hydrogens is 461 g/mol. The van der Waals surface area contributed by atoms with Crippen molar-refractivity contribution in [3.8, 4) is 11.1 Å². The Labute approximate surface area is 161 Å². The first-order chi connectivity index (χ1) is 11.5. The normalized spacial score (nSPS) is 11.0. The minimum atomic E-state index is -1.12. The van der Waals surface area contributed by atoms with Gasteiger partial charge in [-0.05, 0) is 24.0 Å². The highest BCUT2D eigenvalue weighted by molar-refractivity contribution is 14.1. The molecule has 1 N–H and O–H groups in total. The van der Waals surface area contributed by atoms with Gasteiger partial charge in [0.25, 0.3) is 0 Å². The number of benzene rings is 1. The number of carboxylic acid groups (broad SMARTS) is 1. The first-order valence-electron chi connectivity index (χ1n) is 6.84. The quantitative estimate of drug-likeness (QED) is 0.257. The molecule has 2 aromatic heterocycles. The van der Waals surface area contributed by atoms with Gasteiger partial charge in [0.05, 0.1) is 0 Å². The molecule has 3 aromatic rings. The molecule has 0 aliphatic carbocycles. The van der Waals surface area contributed by atoms with Crippen molar-refractivity contribution in [1.29, 1.82) is 0 Å². The molecule has 0 fully saturated rings. The topological polar surface area (TPSA) is 76.0 Å². The number of alkyl halides is 1. The van der Waals surface area contributed by atoms with Crippen LogP contribution >= 0.6 is 46.0 Å². The molecule has 0 radical (unpaired) electrons. The predicted molar refractivity (Wildman–Crippen MR) is 104 cm³/mol. The number of aromatic nitrogens is 3. The van der Waals surface area contributed by atoms with Crippen LogP contribution in [0.15, 0.2) is 35.6 Å². The van der Waals surface area contributed by atoms with E-state index in [9.17, 15) is 9.90 Å². The molecule has 122 valence electrons. The average molecular weight is 472 g/mol. The van der Waals surface area contributed by atoms with Crippen molar-refractivity contribution in [3.63, 3.8) is 0 Å². The van der Waals surface area contributed by atoms with E-state index in [-0.39, 0.29) is 5.69 Å². The maximum Gasteiger partial charge on any atom is 0.355 e. The summed E-state index contributed by atoms with van der Waals surface area (Å²) in [4.78, 5) is 24.5. The SMILES string of the molecule is CSc1ncc2cc(-c3c(Cl)cccc3CI)c(C(=O)O)nc2n1. The molecule has 24 heavy (non-hydrogen) atoms. The lowest BCUT2D eigenvalue weighted by Gasteiger charge is -2.13. The van der Waals surface area contributed by atoms with Crippen LogP contribution in [0, 0.1) is 0 Å². The second-order valence-corrected chi connectivity index (χ2v) is 6.81. The van der Waals surface area contributed by atoms with Gasteiger partial charge < -0.3 is 5.11 Å². The van der Waals surface area contributed by atoms with Crippen LogP contribution in [0.4, 0.5) is 0 Å². The van der Waals surface area contributed by atoms with E-state index in [2.05, 4.69) is 37.5 Å². The lowest BCUT2D eigenvalue weighted by molar-refractivity contribution is 0.0692. The van der Waals surface area contributed by atoms with Crippen molar-refractivity contribution in [3.05, 3.63) is 46.7 Å². The highest BCUT2D eigenvalue weighted by Crippen LogP contribution is 2.35. The van der Waals surface area contributed by atoms with Crippen LogP contribution in [0.1, 0.15) is 16.1 Å². The van der Waals surface area contributed by atoms with Crippen LogP contribution in [0.5, 0.6) is 0 Å². The number of carbonyl (C=O) groups is 1. The molecular formula is C16H11ClIN3O2S. The number of halogens is 2. The van der Waals surface area contributed by atoms with Crippen molar-refractivity contribution < 1.29 is 9.90 Å². The summed E-state index contributed by atoms with van der Waals surface area (Å²) in [5.41, 5.74) is 2.42. The lowest BCUT2D eigenvalue weighted by atomic mass is 9.98. The zero-order valence-electron chi connectivity index (χ0n) is 12.5. The van der Waals surface area contributed by atoms with Crippen molar-refractivity contribution in [2.24, 2.45) is 0 Å². The molecule has 0 atom stereocenters. The zero-order valence-corrected chi connectivity index (χ0v) is 16.2. The maximum atomic E-state index is 11.7. The Kier molecular flexibility index (Phi) is 5.21. The number of rotatable bonds is 4. The van der Waals surface area contributed by atoms with Gasteiger partial charge in [-0.1, -0.05) is 58.1 Å². The van der Waals surface area contributed by atoms with Crippen LogP contribution < -0.4 is 0 Å². The fourth-order valence-corrected chi connectivity index (χ4v) is 3.65. The molecule has 0 bridgehead atoms. The molecule has 0 amide bonds. The van der Waals surface area contributed by atoms with E-state index < -0.39 is 5.97 Å². The Hall–Kier alpha value is -1.45. The van der Waals surface area contributed by atoms with Crippen molar-refractivity contribution in [2.75, 3.05) is 6.26 Å². The Morgan fingerprint density at radius 2 is 2.17 bits per heavy atom. The summed E-state index contributed by atoms with van der Waals surface area (Å²) in [6.07, 6.45) is 3.50. The van der Waals surface area contributed by atoms with Crippen LogP contribution in [-0.2, 0) is 4.43 Å². The second-order valence-electron chi connectivity index (χ2n) is 4.87. The van der Waals surface area contributed by atoms with Crippen molar-refractivity contribution >= 4 is 63.0 Å². The van der Waals surface area contributed by atoms with E-state index in [1.54, 1.807) is 18.3 Å². The minimum Gasteiger partial charge on any atom is -0.476 e. The third-order valence-electron chi connectivity index (χ3n) is 3.44. The Morgan fingerprint density at radius 3 is 2.83 bits per heavy atom. The van der Waals surface area contributed by atoms with Gasteiger partial charge in [-0.3, -0.25) is 0 Å². The average Bonchev–Trinajstić information content (AvgIpc) is 2.59. The summed E-state index contributed by atoms with van der Waals surface area (Å²) in [5.74, 6) is -1.12. The molecule has 0 saturated carbocycles. The van der Waals surface area contributed by atoms with Gasteiger partial charge in [0, 0.05) is 32.2 Å². The van der Waals surface area contributed by atoms with Gasteiger partial charge >= 0.3 is 5.97 Å². The Balaban J connectivity index is 2.35. The number of hydrogen-bond donors (Lipinski definition) is 1. The summed E-state index contributed by atoms with van der Waals surface area (Å²) >= 11 is 9.96. The highest BCUT2D eigenvalue weighted by Gasteiger charge is 2.20. The van der Waals surface area contributed by atoms with E-state index >= 15 is 0 Å². The van der Waals surface area contributed by atoms with Crippen LogP contribution in [0.2, 0.25) is 5.02 Å². The van der Waals surface area contributed by atoms with Crippen molar-refractivity contribution in [1.82, 2.24) is 15.0 Å². The molecule has 0 saturated heterocycles. The Morgan fingerprint density at radius 1 is 1.38 bits per heavy atom. The third-order valence-corrected chi connectivity index (χ3v) is 5.14.